The Kier molecular flexibility index (Phi) is 5.62. The van der Waals surface area contributed by atoms with Crippen LogP contribution in [0.1, 0.15) is 61.5 Å². The van der Waals surface area contributed by atoms with Crippen molar-refractivity contribution in [2.24, 2.45) is 5.92 Å². The lowest BCUT2D eigenvalue weighted by Crippen LogP contribution is -2.64. The molecule has 0 spiro atoms. The summed E-state index contributed by atoms with van der Waals surface area (Å²) in [5, 5.41) is 7.38. The van der Waals surface area contributed by atoms with E-state index < -0.39 is 0 Å². The fourth-order valence-corrected chi connectivity index (χ4v) is 5.59. The van der Waals surface area contributed by atoms with E-state index >= 15 is 0 Å². The SMILES string of the molecule is CCc1ccccc1[C@@]1(C)CCN(CC2CC2)[C@H](C)[C@H]1NC(=O)c1ccsc1. The standard InChI is InChI=1S/C24H32N2OS/c1-4-19-7-5-6-8-21(19)24(3)12-13-26(15-18-9-10-18)17(2)22(24)25-23(27)20-11-14-28-16-20/h5-8,11,14,16-18,22H,4,9-10,12-13,15H2,1-3H3,(H,25,27)/t17-,22-,24-/m1/s1. The third kappa shape index (κ3) is 3.77. The van der Waals surface area contributed by atoms with Gasteiger partial charge in [-0.25, -0.2) is 0 Å². The Morgan fingerprint density at radius 2 is 2.07 bits per heavy atom. The molecule has 1 saturated heterocycles. The number of nitrogens with one attached hydrogen (secondary N) is 1. The summed E-state index contributed by atoms with van der Waals surface area (Å²) >= 11 is 1.58. The number of aryl methyl sites for hydroxylation is 1. The van der Waals surface area contributed by atoms with E-state index in [9.17, 15) is 4.79 Å². The Morgan fingerprint density at radius 1 is 1.29 bits per heavy atom. The van der Waals surface area contributed by atoms with Crippen LogP contribution in [0, 0.1) is 5.92 Å². The van der Waals surface area contributed by atoms with E-state index in [0.29, 0.717) is 6.04 Å². The van der Waals surface area contributed by atoms with Crippen molar-refractivity contribution in [3.8, 4) is 0 Å². The number of likely N-dealkylation sites (tertiary alicyclic amines) is 1. The zero-order valence-corrected chi connectivity index (χ0v) is 18.1. The summed E-state index contributed by atoms with van der Waals surface area (Å²) in [7, 11) is 0. The number of nitrogens with zero attached hydrogens (tertiary/aromatic N) is 1. The first kappa shape index (κ1) is 19.7. The molecule has 1 amide bonds. The van der Waals surface area contributed by atoms with Crippen molar-refractivity contribution < 1.29 is 4.79 Å². The third-order valence-corrected chi connectivity index (χ3v) is 7.62. The Labute approximate surface area is 173 Å². The average Bonchev–Trinajstić information content (AvgIpc) is 3.35. The number of piperidine rings is 1. The van der Waals surface area contributed by atoms with E-state index in [2.05, 4.69) is 55.3 Å². The molecule has 1 aliphatic heterocycles. The van der Waals surface area contributed by atoms with Crippen LogP contribution in [0.3, 0.4) is 0 Å². The highest BCUT2D eigenvalue weighted by Crippen LogP contribution is 2.41. The van der Waals surface area contributed by atoms with E-state index in [4.69, 9.17) is 0 Å². The number of hydrogen-bond donors (Lipinski definition) is 1. The summed E-state index contributed by atoms with van der Waals surface area (Å²) in [4.78, 5) is 15.6. The van der Waals surface area contributed by atoms with Crippen LogP contribution in [0.4, 0.5) is 0 Å². The van der Waals surface area contributed by atoms with Gasteiger partial charge in [-0.05, 0) is 67.6 Å². The van der Waals surface area contributed by atoms with Crippen LogP contribution in [-0.2, 0) is 11.8 Å². The molecular formula is C24H32N2OS. The van der Waals surface area contributed by atoms with Gasteiger partial charge in [0.2, 0.25) is 0 Å². The highest BCUT2D eigenvalue weighted by Gasteiger charge is 2.47. The molecule has 150 valence electrons. The predicted molar refractivity (Wildman–Crippen MR) is 117 cm³/mol. The maximum atomic E-state index is 13.0. The number of hydrogen-bond acceptors (Lipinski definition) is 3. The molecule has 4 heteroatoms. The van der Waals surface area contributed by atoms with Crippen LogP contribution in [0.15, 0.2) is 41.1 Å². The van der Waals surface area contributed by atoms with E-state index in [0.717, 1.165) is 30.9 Å². The van der Waals surface area contributed by atoms with Gasteiger partial charge >= 0.3 is 0 Å². The van der Waals surface area contributed by atoms with Gasteiger partial charge in [-0.2, -0.15) is 11.3 Å². The molecule has 1 aromatic heterocycles. The minimum atomic E-state index is -0.0578. The van der Waals surface area contributed by atoms with E-state index in [1.165, 1.54) is 30.5 Å². The minimum absolute atomic E-state index is 0.0578. The van der Waals surface area contributed by atoms with Crippen molar-refractivity contribution in [3.63, 3.8) is 0 Å². The van der Waals surface area contributed by atoms with Gasteiger partial charge in [0.05, 0.1) is 6.04 Å². The van der Waals surface area contributed by atoms with E-state index in [1.807, 2.05) is 16.8 Å². The predicted octanol–water partition coefficient (Wildman–Crippen LogP) is 4.87. The first-order valence-electron chi connectivity index (χ1n) is 10.7. The van der Waals surface area contributed by atoms with E-state index in [1.54, 1.807) is 11.3 Å². The normalized spacial score (nSPS) is 28.2. The van der Waals surface area contributed by atoms with Gasteiger partial charge in [-0.1, -0.05) is 38.1 Å². The molecule has 2 heterocycles. The summed E-state index contributed by atoms with van der Waals surface area (Å²) in [5.74, 6) is 0.925. The van der Waals surface area contributed by atoms with Gasteiger partial charge in [0.25, 0.3) is 5.91 Å². The summed E-state index contributed by atoms with van der Waals surface area (Å²) < 4.78 is 0. The molecule has 1 saturated carbocycles. The minimum Gasteiger partial charge on any atom is -0.347 e. The maximum Gasteiger partial charge on any atom is 0.252 e. The molecule has 3 atom stereocenters. The van der Waals surface area contributed by atoms with Gasteiger partial charge in [0.15, 0.2) is 0 Å². The first-order chi connectivity index (χ1) is 13.5. The third-order valence-electron chi connectivity index (χ3n) is 6.94. The Balaban J connectivity index is 1.67. The molecule has 1 N–H and O–H groups in total. The molecule has 0 radical (unpaired) electrons. The van der Waals surface area contributed by atoms with Crippen molar-refractivity contribution in [3.05, 3.63) is 57.8 Å². The van der Waals surface area contributed by atoms with Crippen LogP contribution < -0.4 is 5.32 Å². The fourth-order valence-electron chi connectivity index (χ4n) is 4.95. The van der Waals surface area contributed by atoms with Crippen molar-refractivity contribution in [2.75, 3.05) is 13.1 Å². The fraction of sp³-hybridized carbons (Fsp3) is 0.542. The molecule has 2 fully saturated rings. The number of amides is 1. The quantitative estimate of drug-likeness (QED) is 0.755. The lowest BCUT2D eigenvalue weighted by Gasteiger charge is -2.51. The average molecular weight is 397 g/mol. The molecule has 1 aromatic carbocycles. The summed E-state index contributed by atoms with van der Waals surface area (Å²) in [5.41, 5.74) is 3.54. The second-order valence-electron chi connectivity index (χ2n) is 8.82. The van der Waals surface area contributed by atoms with Gasteiger partial charge in [-0.15, -0.1) is 0 Å². The number of thiophene rings is 1. The summed E-state index contributed by atoms with van der Waals surface area (Å²) in [6, 6.07) is 11.2. The highest BCUT2D eigenvalue weighted by atomic mass is 32.1. The molecule has 3 nitrogen and oxygen atoms in total. The zero-order chi connectivity index (χ0) is 19.7. The second-order valence-corrected chi connectivity index (χ2v) is 9.60. The van der Waals surface area contributed by atoms with Crippen molar-refractivity contribution >= 4 is 17.2 Å². The van der Waals surface area contributed by atoms with Crippen LogP contribution in [0.25, 0.3) is 0 Å². The van der Waals surface area contributed by atoms with Crippen molar-refractivity contribution in [1.82, 2.24) is 10.2 Å². The number of carbonyl (C=O) groups is 1. The number of carbonyl (C=O) groups excluding carboxylic acids is 1. The molecule has 0 unspecified atom stereocenters. The topological polar surface area (TPSA) is 32.3 Å². The van der Waals surface area contributed by atoms with Crippen molar-refractivity contribution in [2.45, 2.75) is 64.0 Å². The smallest absolute Gasteiger partial charge is 0.252 e. The molecule has 28 heavy (non-hydrogen) atoms. The lowest BCUT2D eigenvalue weighted by molar-refractivity contribution is 0.0551. The maximum absolute atomic E-state index is 13.0. The molecule has 0 bridgehead atoms. The largest absolute Gasteiger partial charge is 0.347 e. The highest BCUT2D eigenvalue weighted by molar-refractivity contribution is 7.08. The second kappa shape index (κ2) is 8.00. The number of rotatable bonds is 6. The van der Waals surface area contributed by atoms with Gasteiger partial charge in [0.1, 0.15) is 0 Å². The Morgan fingerprint density at radius 3 is 2.75 bits per heavy atom. The molecule has 4 rings (SSSR count). The van der Waals surface area contributed by atoms with Crippen LogP contribution in [0.5, 0.6) is 0 Å². The number of benzene rings is 1. The first-order valence-corrected chi connectivity index (χ1v) is 11.6. The molecule has 1 aliphatic carbocycles. The Bertz CT molecular complexity index is 814. The van der Waals surface area contributed by atoms with Crippen LogP contribution >= 0.6 is 11.3 Å². The zero-order valence-electron chi connectivity index (χ0n) is 17.3. The van der Waals surface area contributed by atoms with Crippen molar-refractivity contribution in [1.29, 1.82) is 0 Å². The summed E-state index contributed by atoms with van der Waals surface area (Å²) in [6.07, 6.45) is 4.84. The van der Waals surface area contributed by atoms with Gasteiger partial charge in [0, 0.05) is 28.9 Å². The van der Waals surface area contributed by atoms with Gasteiger partial charge < -0.3 is 5.32 Å². The monoisotopic (exact) mass is 396 g/mol. The van der Waals surface area contributed by atoms with Crippen LogP contribution in [-0.4, -0.2) is 36.0 Å². The van der Waals surface area contributed by atoms with Gasteiger partial charge in [-0.3, -0.25) is 9.69 Å². The van der Waals surface area contributed by atoms with E-state index in [-0.39, 0.29) is 17.4 Å². The molecule has 2 aliphatic rings. The summed E-state index contributed by atoms with van der Waals surface area (Å²) in [6.45, 7) is 9.19. The molecular weight excluding hydrogens is 364 g/mol. The lowest BCUT2D eigenvalue weighted by atomic mass is 9.66. The molecule has 2 aromatic rings. The Hall–Kier alpha value is -1.65. The van der Waals surface area contributed by atoms with Crippen LogP contribution in [0.2, 0.25) is 0 Å².